The SMILES string of the molecule is Cc1ccc(NCC(=O)c2ccc(F)cc2)cc1Nc1ncc(-c2ccncc2)o1. The van der Waals surface area contributed by atoms with E-state index >= 15 is 0 Å². The van der Waals surface area contributed by atoms with Crippen molar-refractivity contribution in [3.8, 4) is 11.3 Å². The first-order chi connectivity index (χ1) is 14.6. The van der Waals surface area contributed by atoms with E-state index in [1.54, 1.807) is 18.6 Å². The second kappa shape index (κ2) is 8.57. The van der Waals surface area contributed by atoms with Gasteiger partial charge in [0.25, 0.3) is 6.01 Å². The van der Waals surface area contributed by atoms with Crippen molar-refractivity contribution in [2.45, 2.75) is 6.92 Å². The Labute approximate surface area is 172 Å². The van der Waals surface area contributed by atoms with Crippen molar-refractivity contribution in [3.63, 3.8) is 0 Å². The summed E-state index contributed by atoms with van der Waals surface area (Å²) in [7, 11) is 0. The van der Waals surface area contributed by atoms with Gasteiger partial charge in [-0.3, -0.25) is 9.78 Å². The molecular weight excluding hydrogens is 383 g/mol. The highest BCUT2D eigenvalue weighted by atomic mass is 19.1. The van der Waals surface area contributed by atoms with Gasteiger partial charge in [-0.25, -0.2) is 9.37 Å². The Morgan fingerprint density at radius 2 is 1.83 bits per heavy atom. The highest BCUT2D eigenvalue weighted by Crippen LogP contribution is 2.27. The third-order valence-electron chi connectivity index (χ3n) is 4.57. The van der Waals surface area contributed by atoms with E-state index in [-0.39, 0.29) is 18.1 Å². The molecule has 0 unspecified atom stereocenters. The maximum absolute atomic E-state index is 13.0. The summed E-state index contributed by atoms with van der Waals surface area (Å²) in [6.45, 7) is 2.06. The molecule has 0 bridgehead atoms. The zero-order valence-electron chi connectivity index (χ0n) is 16.2. The van der Waals surface area contributed by atoms with E-state index in [1.165, 1.54) is 24.3 Å². The molecule has 6 nitrogen and oxygen atoms in total. The summed E-state index contributed by atoms with van der Waals surface area (Å²) >= 11 is 0. The number of aromatic nitrogens is 2. The Morgan fingerprint density at radius 1 is 1.07 bits per heavy atom. The number of carbonyl (C=O) groups excluding carboxylic acids is 1. The minimum atomic E-state index is -0.368. The lowest BCUT2D eigenvalue weighted by molar-refractivity contribution is 0.101. The topological polar surface area (TPSA) is 80.0 Å². The summed E-state index contributed by atoms with van der Waals surface area (Å²) in [5.41, 5.74) is 3.90. The van der Waals surface area contributed by atoms with Crippen molar-refractivity contribution in [2.75, 3.05) is 17.2 Å². The molecular formula is C23H19FN4O2. The fraction of sp³-hybridized carbons (Fsp3) is 0.0870. The van der Waals surface area contributed by atoms with Crippen molar-refractivity contribution in [1.29, 1.82) is 0 Å². The van der Waals surface area contributed by atoms with Crippen LogP contribution >= 0.6 is 0 Å². The predicted octanol–water partition coefficient (Wildman–Crippen LogP) is 5.22. The largest absolute Gasteiger partial charge is 0.423 e. The zero-order valence-corrected chi connectivity index (χ0v) is 16.2. The van der Waals surface area contributed by atoms with E-state index in [0.29, 0.717) is 17.3 Å². The van der Waals surface area contributed by atoms with Crippen molar-refractivity contribution >= 4 is 23.2 Å². The highest BCUT2D eigenvalue weighted by Gasteiger charge is 2.10. The van der Waals surface area contributed by atoms with Gasteiger partial charge < -0.3 is 15.1 Å². The summed E-state index contributed by atoms with van der Waals surface area (Å²) in [5, 5.41) is 6.27. The molecule has 4 rings (SSSR count). The molecule has 0 aliphatic carbocycles. The van der Waals surface area contributed by atoms with E-state index in [2.05, 4.69) is 20.6 Å². The third-order valence-corrected chi connectivity index (χ3v) is 4.57. The molecule has 0 aliphatic heterocycles. The van der Waals surface area contributed by atoms with Crippen LogP contribution in [0.15, 0.2) is 77.6 Å². The summed E-state index contributed by atoms with van der Waals surface area (Å²) in [6.07, 6.45) is 5.03. The normalized spacial score (nSPS) is 10.6. The molecule has 0 fully saturated rings. The number of oxazole rings is 1. The average molecular weight is 402 g/mol. The average Bonchev–Trinajstić information content (AvgIpc) is 3.24. The molecule has 30 heavy (non-hydrogen) atoms. The van der Waals surface area contributed by atoms with Crippen molar-refractivity contribution in [3.05, 3.63) is 90.1 Å². The fourth-order valence-electron chi connectivity index (χ4n) is 2.88. The number of nitrogens with zero attached hydrogens (tertiary/aromatic N) is 2. The lowest BCUT2D eigenvalue weighted by Gasteiger charge is -2.11. The van der Waals surface area contributed by atoms with Gasteiger partial charge in [0.2, 0.25) is 0 Å². The summed E-state index contributed by atoms with van der Waals surface area (Å²) in [4.78, 5) is 20.6. The molecule has 0 saturated carbocycles. The maximum Gasteiger partial charge on any atom is 0.299 e. The Hall–Kier alpha value is -4.00. The second-order valence-electron chi connectivity index (χ2n) is 6.70. The number of nitrogens with one attached hydrogen (secondary N) is 2. The monoisotopic (exact) mass is 402 g/mol. The van der Waals surface area contributed by atoms with E-state index in [9.17, 15) is 9.18 Å². The highest BCUT2D eigenvalue weighted by molar-refractivity contribution is 5.99. The standard InChI is InChI=1S/C23H19FN4O2/c1-15-2-7-19(26-13-21(29)16-3-5-18(24)6-4-16)12-20(15)28-23-27-14-22(30-23)17-8-10-25-11-9-17/h2-12,14,26H,13H2,1H3,(H,27,28). The molecule has 0 aliphatic rings. The van der Waals surface area contributed by atoms with Crippen LogP contribution in [0.2, 0.25) is 0 Å². The molecule has 4 aromatic rings. The molecule has 2 N–H and O–H groups in total. The number of rotatable bonds is 7. The van der Waals surface area contributed by atoms with Crippen LogP contribution in [-0.4, -0.2) is 22.3 Å². The van der Waals surface area contributed by atoms with E-state index in [0.717, 1.165) is 22.5 Å². The predicted molar refractivity (Wildman–Crippen MR) is 113 cm³/mol. The second-order valence-corrected chi connectivity index (χ2v) is 6.70. The van der Waals surface area contributed by atoms with Crippen LogP contribution in [0.1, 0.15) is 15.9 Å². The van der Waals surface area contributed by atoms with Gasteiger partial charge in [0.1, 0.15) is 5.82 Å². The third kappa shape index (κ3) is 4.52. The van der Waals surface area contributed by atoms with Crippen LogP contribution in [0, 0.1) is 12.7 Å². The summed E-state index contributed by atoms with van der Waals surface area (Å²) in [5.74, 6) is 0.142. The van der Waals surface area contributed by atoms with Gasteiger partial charge in [-0.05, 0) is 61.0 Å². The molecule has 7 heteroatoms. The first-order valence-electron chi connectivity index (χ1n) is 9.35. The number of halogens is 1. The number of carbonyl (C=O) groups is 1. The zero-order chi connectivity index (χ0) is 20.9. The summed E-state index contributed by atoms with van der Waals surface area (Å²) < 4.78 is 18.8. The molecule has 2 aromatic carbocycles. The van der Waals surface area contributed by atoms with Gasteiger partial charge in [-0.15, -0.1) is 0 Å². The maximum atomic E-state index is 13.0. The molecule has 0 saturated heterocycles. The van der Waals surface area contributed by atoms with E-state index in [4.69, 9.17) is 4.42 Å². The quantitative estimate of drug-likeness (QED) is 0.413. The minimum Gasteiger partial charge on any atom is -0.423 e. The van der Waals surface area contributed by atoms with Crippen molar-refractivity contribution in [1.82, 2.24) is 9.97 Å². The number of benzene rings is 2. The van der Waals surface area contributed by atoms with Crippen LogP contribution in [0.5, 0.6) is 0 Å². The van der Waals surface area contributed by atoms with Crippen molar-refractivity contribution < 1.29 is 13.6 Å². The van der Waals surface area contributed by atoms with Gasteiger partial charge in [-0.2, -0.15) is 0 Å². The lowest BCUT2D eigenvalue weighted by Crippen LogP contribution is -2.14. The summed E-state index contributed by atoms with van der Waals surface area (Å²) in [6, 6.07) is 15.3. The number of aryl methyl sites for hydroxylation is 1. The minimum absolute atomic E-state index is 0.0966. The van der Waals surface area contributed by atoms with E-state index < -0.39 is 0 Å². The van der Waals surface area contributed by atoms with Crippen molar-refractivity contribution in [2.24, 2.45) is 0 Å². The molecule has 0 radical (unpaired) electrons. The van der Waals surface area contributed by atoms with Gasteiger partial charge >= 0.3 is 0 Å². The Kier molecular flexibility index (Phi) is 5.52. The first kappa shape index (κ1) is 19.3. The smallest absolute Gasteiger partial charge is 0.299 e. The molecule has 0 atom stereocenters. The van der Waals surface area contributed by atoms with Crippen LogP contribution in [0.4, 0.5) is 21.8 Å². The molecule has 150 valence electrons. The molecule has 2 heterocycles. The number of pyridine rings is 1. The Bertz CT molecular complexity index is 1160. The van der Waals surface area contributed by atoms with Gasteiger partial charge in [0.05, 0.1) is 12.7 Å². The first-order valence-corrected chi connectivity index (χ1v) is 9.35. The fourth-order valence-corrected chi connectivity index (χ4v) is 2.88. The van der Waals surface area contributed by atoms with Gasteiger partial charge in [0, 0.05) is 34.9 Å². The van der Waals surface area contributed by atoms with Crippen LogP contribution in [-0.2, 0) is 0 Å². The van der Waals surface area contributed by atoms with Crippen LogP contribution < -0.4 is 10.6 Å². The number of Topliss-reactive ketones (excluding diaryl/α,β-unsaturated/α-hetero) is 1. The number of hydrogen-bond acceptors (Lipinski definition) is 6. The molecule has 0 amide bonds. The van der Waals surface area contributed by atoms with Crippen LogP contribution in [0.3, 0.4) is 0 Å². The molecule has 0 spiro atoms. The number of hydrogen-bond donors (Lipinski definition) is 2. The van der Waals surface area contributed by atoms with Gasteiger partial charge in [0.15, 0.2) is 11.5 Å². The number of anilines is 3. The van der Waals surface area contributed by atoms with E-state index in [1.807, 2.05) is 37.3 Å². The molecule has 2 aromatic heterocycles. The van der Waals surface area contributed by atoms with Gasteiger partial charge in [-0.1, -0.05) is 6.07 Å². The number of ketones is 1. The Morgan fingerprint density at radius 3 is 2.60 bits per heavy atom. The van der Waals surface area contributed by atoms with Crippen LogP contribution in [0.25, 0.3) is 11.3 Å². The Balaban J connectivity index is 1.44. The lowest BCUT2D eigenvalue weighted by atomic mass is 10.1.